The summed E-state index contributed by atoms with van der Waals surface area (Å²) in [7, 11) is 0. The van der Waals surface area contributed by atoms with Crippen molar-refractivity contribution in [3.63, 3.8) is 0 Å². The Balaban J connectivity index is 1.73. The van der Waals surface area contributed by atoms with Gasteiger partial charge in [0.2, 0.25) is 5.88 Å². The van der Waals surface area contributed by atoms with Gasteiger partial charge in [0.1, 0.15) is 5.69 Å². The van der Waals surface area contributed by atoms with Crippen LogP contribution in [0.5, 0.6) is 5.88 Å². The largest absolute Gasteiger partial charge is 0.476 e. The number of anilines is 1. The molecule has 1 aliphatic heterocycles. The van der Waals surface area contributed by atoms with E-state index in [9.17, 15) is 4.79 Å². The second-order valence-electron chi connectivity index (χ2n) is 8.00. The second-order valence-corrected chi connectivity index (χ2v) is 8.00. The Morgan fingerprint density at radius 1 is 1.35 bits per heavy atom. The average Bonchev–Trinajstić information content (AvgIpc) is 3.30. The van der Waals surface area contributed by atoms with Crippen molar-refractivity contribution in [2.75, 3.05) is 31.1 Å². The molecule has 6 heteroatoms. The topological polar surface area (TPSA) is 80.5 Å². The van der Waals surface area contributed by atoms with E-state index in [-0.39, 0.29) is 11.9 Å². The number of rotatable bonds is 9. The molecule has 0 spiro atoms. The Bertz CT molecular complexity index is 610. The van der Waals surface area contributed by atoms with Crippen molar-refractivity contribution in [1.82, 2.24) is 10.3 Å². The summed E-state index contributed by atoms with van der Waals surface area (Å²) in [5, 5.41) is 3.01. The van der Waals surface area contributed by atoms with Crippen molar-refractivity contribution in [2.24, 2.45) is 17.6 Å². The highest BCUT2D eigenvalue weighted by molar-refractivity contribution is 5.93. The van der Waals surface area contributed by atoms with E-state index in [1.165, 1.54) is 25.7 Å². The van der Waals surface area contributed by atoms with Gasteiger partial charge in [-0.05, 0) is 56.1 Å². The average molecular weight is 361 g/mol. The molecule has 1 aromatic heterocycles. The van der Waals surface area contributed by atoms with E-state index in [0.29, 0.717) is 36.6 Å². The number of nitrogens with one attached hydrogen (secondary N) is 1. The number of carbonyl (C=O) groups excluding carboxylic acids is 1. The van der Waals surface area contributed by atoms with Crippen LogP contribution in [0.15, 0.2) is 12.1 Å². The van der Waals surface area contributed by atoms with E-state index < -0.39 is 0 Å². The Hall–Kier alpha value is -1.82. The number of aromatic nitrogens is 1. The predicted octanol–water partition coefficient (Wildman–Crippen LogP) is 2.57. The summed E-state index contributed by atoms with van der Waals surface area (Å²) in [6, 6.07) is 3.75. The highest BCUT2D eigenvalue weighted by Gasteiger charge is 2.25. The monoisotopic (exact) mass is 360 g/mol. The van der Waals surface area contributed by atoms with Gasteiger partial charge in [0, 0.05) is 25.7 Å². The maximum atomic E-state index is 12.6. The molecular formula is C20H32N4O2. The molecule has 1 saturated carbocycles. The molecule has 0 bridgehead atoms. The minimum atomic E-state index is -0.176. The van der Waals surface area contributed by atoms with E-state index in [1.807, 2.05) is 6.07 Å². The zero-order valence-corrected chi connectivity index (χ0v) is 16.0. The SMILES string of the molecule is CC(C)CC(CN)NC(=O)c1ccc(N2CCCC2)c(OCC2CC2)n1. The van der Waals surface area contributed by atoms with Gasteiger partial charge in [0.25, 0.3) is 5.91 Å². The summed E-state index contributed by atoms with van der Waals surface area (Å²) in [4.78, 5) is 19.5. The lowest BCUT2D eigenvalue weighted by atomic mass is 10.0. The zero-order chi connectivity index (χ0) is 18.5. The smallest absolute Gasteiger partial charge is 0.270 e. The first-order chi connectivity index (χ1) is 12.6. The Morgan fingerprint density at radius 3 is 2.69 bits per heavy atom. The molecule has 1 unspecified atom stereocenters. The van der Waals surface area contributed by atoms with E-state index >= 15 is 0 Å². The summed E-state index contributed by atoms with van der Waals surface area (Å²) in [6.45, 7) is 7.43. The summed E-state index contributed by atoms with van der Waals surface area (Å²) in [5.41, 5.74) is 7.22. The number of nitrogens with two attached hydrogens (primary N) is 1. The fourth-order valence-corrected chi connectivity index (χ4v) is 3.39. The first kappa shape index (κ1) is 19.0. The molecular weight excluding hydrogens is 328 g/mol. The molecule has 1 aromatic rings. The number of carbonyl (C=O) groups is 1. The number of pyridine rings is 1. The first-order valence-electron chi connectivity index (χ1n) is 9.96. The Labute approximate surface area is 156 Å². The number of hydrogen-bond donors (Lipinski definition) is 2. The molecule has 3 N–H and O–H groups in total. The third kappa shape index (κ3) is 5.10. The number of ether oxygens (including phenoxy) is 1. The standard InChI is InChI=1S/C20H32N4O2/c1-14(2)11-16(12-21)22-19(25)17-7-8-18(24-9-3-4-10-24)20(23-17)26-13-15-5-6-15/h7-8,14-16H,3-6,9-13,21H2,1-2H3,(H,22,25). The van der Waals surface area contributed by atoms with Gasteiger partial charge >= 0.3 is 0 Å². The molecule has 1 amide bonds. The third-order valence-electron chi connectivity index (χ3n) is 5.05. The van der Waals surface area contributed by atoms with Gasteiger partial charge in [-0.3, -0.25) is 4.79 Å². The van der Waals surface area contributed by atoms with Gasteiger partial charge in [0.15, 0.2) is 0 Å². The normalized spacial score (nSPS) is 18.2. The Morgan fingerprint density at radius 2 is 2.08 bits per heavy atom. The fraction of sp³-hybridized carbons (Fsp3) is 0.700. The minimum Gasteiger partial charge on any atom is -0.476 e. The molecule has 2 fully saturated rings. The summed E-state index contributed by atoms with van der Waals surface area (Å²) >= 11 is 0. The molecule has 1 saturated heterocycles. The molecule has 6 nitrogen and oxygen atoms in total. The maximum Gasteiger partial charge on any atom is 0.270 e. The van der Waals surface area contributed by atoms with Crippen LogP contribution in [0, 0.1) is 11.8 Å². The third-order valence-corrected chi connectivity index (χ3v) is 5.05. The molecule has 2 heterocycles. The molecule has 1 aliphatic carbocycles. The van der Waals surface area contributed by atoms with E-state index in [4.69, 9.17) is 10.5 Å². The van der Waals surface area contributed by atoms with Crippen molar-refractivity contribution in [1.29, 1.82) is 0 Å². The number of hydrogen-bond acceptors (Lipinski definition) is 5. The van der Waals surface area contributed by atoms with Crippen molar-refractivity contribution in [2.45, 2.75) is 52.0 Å². The first-order valence-corrected chi connectivity index (χ1v) is 9.96. The lowest BCUT2D eigenvalue weighted by molar-refractivity contribution is 0.0927. The van der Waals surface area contributed by atoms with Crippen molar-refractivity contribution in [3.05, 3.63) is 17.8 Å². The van der Waals surface area contributed by atoms with Gasteiger partial charge < -0.3 is 20.7 Å². The van der Waals surface area contributed by atoms with Crippen molar-refractivity contribution < 1.29 is 9.53 Å². The zero-order valence-electron chi connectivity index (χ0n) is 16.0. The van der Waals surface area contributed by atoms with Crippen molar-refractivity contribution in [3.8, 4) is 5.88 Å². The lowest BCUT2D eigenvalue weighted by Gasteiger charge is -2.22. The summed E-state index contributed by atoms with van der Waals surface area (Å²) in [6.07, 6.45) is 5.70. The summed E-state index contributed by atoms with van der Waals surface area (Å²) < 4.78 is 6.00. The number of amides is 1. The van der Waals surface area contributed by atoms with Crippen LogP contribution in [0.2, 0.25) is 0 Å². The van der Waals surface area contributed by atoms with Crippen LogP contribution in [0.3, 0.4) is 0 Å². The van der Waals surface area contributed by atoms with Crippen LogP contribution in [-0.4, -0.2) is 43.2 Å². The van der Waals surface area contributed by atoms with Gasteiger partial charge in [0.05, 0.1) is 12.3 Å². The van der Waals surface area contributed by atoms with E-state index in [2.05, 4.69) is 29.0 Å². The molecule has 144 valence electrons. The minimum absolute atomic E-state index is 0.0293. The van der Waals surface area contributed by atoms with Crippen LogP contribution in [-0.2, 0) is 0 Å². The quantitative estimate of drug-likeness (QED) is 0.707. The molecule has 2 aliphatic rings. The van der Waals surface area contributed by atoms with Crippen LogP contribution >= 0.6 is 0 Å². The molecule has 3 rings (SSSR count). The van der Waals surface area contributed by atoms with Crippen LogP contribution in [0.25, 0.3) is 0 Å². The van der Waals surface area contributed by atoms with Gasteiger partial charge in [-0.2, -0.15) is 0 Å². The predicted molar refractivity (Wildman–Crippen MR) is 104 cm³/mol. The van der Waals surface area contributed by atoms with Crippen LogP contribution in [0.4, 0.5) is 5.69 Å². The van der Waals surface area contributed by atoms with E-state index in [0.717, 1.165) is 25.2 Å². The second kappa shape index (κ2) is 8.71. The highest BCUT2D eigenvalue weighted by Crippen LogP contribution is 2.33. The number of nitrogens with zero attached hydrogens (tertiary/aromatic N) is 2. The van der Waals surface area contributed by atoms with Gasteiger partial charge in [-0.25, -0.2) is 4.98 Å². The van der Waals surface area contributed by atoms with Crippen molar-refractivity contribution >= 4 is 11.6 Å². The maximum absolute atomic E-state index is 12.6. The fourth-order valence-electron chi connectivity index (χ4n) is 3.39. The van der Waals surface area contributed by atoms with Crippen LogP contribution in [0.1, 0.15) is 56.4 Å². The lowest BCUT2D eigenvalue weighted by Crippen LogP contribution is -2.41. The summed E-state index contributed by atoms with van der Waals surface area (Å²) in [5.74, 6) is 1.55. The van der Waals surface area contributed by atoms with Gasteiger partial charge in [-0.15, -0.1) is 0 Å². The Kier molecular flexibility index (Phi) is 6.35. The molecule has 1 atom stereocenters. The molecule has 0 radical (unpaired) electrons. The van der Waals surface area contributed by atoms with E-state index in [1.54, 1.807) is 6.07 Å². The molecule has 26 heavy (non-hydrogen) atoms. The van der Waals surface area contributed by atoms with Crippen LogP contribution < -0.4 is 20.7 Å². The molecule has 0 aromatic carbocycles. The van der Waals surface area contributed by atoms with Gasteiger partial charge in [-0.1, -0.05) is 13.8 Å². The highest BCUT2D eigenvalue weighted by atomic mass is 16.5.